The summed E-state index contributed by atoms with van der Waals surface area (Å²) in [5.41, 5.74) is 8.40. The summed E-state index contributed by atoms with van der Waals surface area (Å²) >= 11 is 0. The lowest BCUT2D eigenvalue weighted by atomic mass is 9.94. The summed E-state index contributed by atoms with van der Waals surface area (Å²) < 4.78 is 4.94. The van der Waals surface area contributed by atoms with Crippen molar-refractivity contribution in [3.63, 3.8) is 0 Å². The maximum atomic E-state index is 11.4. The second-order valence-corrected chi connectivity index (χ2v) is 5.34. The minimum absolute atomic E-state index is 0.139. The molecule has 2 aromatic rings. The number of rotatable bonds is 6. The molecule has 0 radical (unpaired) electrons. The van der Waals surface area contributed by atoms with Crippen molar-refractivity contribution in [1.29, 1.82) is 0 Å². The maximum absolute atomic E-state index is 11.4. The SMILES string of the molecule is CCOC(=O)CC(C)CC(N)c1ccc2[nH]c(=O)[nH]c2c1. The number of carbonyl (C=O) groups excluding carboxylic acids is 1. The van der Waals surface area contributed by atoms with Crippen LogP contribution in [0.3, 0.4) is 0 Å². The average molecular weight is 291 g/mol. The van der Waals surface area contributed by atoms with Crippen LogP contribution >= 0.6 is 0 Å². The summed E-state index contributed by atoms with van der Waals surface area (Å²) in [5.74, 6) is -0.0531. The standard InChI is InChI=1S/C15H21N3O3/c1-3-21-14(19)7-9(2)6-11(16)10-4-5-12-13(8-10)18-15(20)17-12/h4-5,8-9,11H,3,6-7,16H2,1-2H3,(H2,17,18,20). The van der Waals surface area contributed by atoms with Gasteiger partial charge in [0.25, 0.3) is 0 Å². The van der Waals surface area contributed by atoms with E-state index in [1.807, 2.05) is 25.1 Å². The highest BCUT2D eigenvalue weighted by atomic mass is 16.5. The fourth-order valence-electron chi connectivity index (χ4n) is 2.44. The lowest BCUT2D eigenvalue weighted by Crippen LogP contribution is -2.17. The van der Waals surface area contributed by atoms with Crippen molar-refractivity contribution >= 4 is 17.0 Å². The Kier molecular flexibility index (Phi) is 4.80. The quantitative estimate of drug-likeness (QED) is 0.707. The molecule has 2 unspecified atom stereocenters. The van der Waals surface area contributed by atoms with Crippen molar-refractivity contribution in [2.24, 2.45) is 11.7 Å². The van der Waals surface area contributed by atoms with E-state index in [9.17, 15) is 9.59 Å². The first-order valence-electron chi connectivity index (χ1n) is 7.12. The van der Waals surface area contributed by atoms with Crippen LogP contribution in [-0.4, -0.2) is 22.5 Å². The van der Waals surface area contributed by atoms with E-state index < -0.39 is 0 Å². The Hall–Kier alpha value is -2.08. The van der Waals surface area contributed by atoms with E-state index in [1.165, 1.54) is 0 Å². The molecule has 1 heterocycles. The molecule has 0 amide bonds. The van der Waals surface area contributed by atoms with Crippen LogP contribution in [0.15, 0.2) is 23.0 Å². The number of imidazole rings is 1. The van der Waals surface area contributed by atoms with Crippen LogP contribution in [-0.2, 0) is 9.53 Å². The third-order valence-electron chi connectivity index (χ3n) is 3.44. The van der Waals surface area contributed by atoms with Crippen molar-refractivity contribution in [2.75, 3.05) is 6.61 Å². The zero-order valence-corrected chi connectivity index (χ0v) is 12.3. The fourth-order valence-corrected chi connectivity index (χ4v) is 2.44. The summed E-state index contributed by atoms with van der Waals surface area (Å²) in [5, 5.41) is 0. The summed E-state index contributed by atoms with van der Waals surface area (Å²) in [6.07, 6.45) is 1.05. The van der Waals surface area contributed by atoms with Gasteiger partial charge in [-0.1, -0.05) is 13.0 Å². The monoisotopic (exact) mass is 291 g/mol. The Morgan fingerprint density at radius 2 is 2.05 bits per heavy atom. The number of nitrogens with two attached hydrogens (primary N) is 1. The van der Waals surface area contributed by atoms with E-state index in [-0.39, 0.29) is 23.6 Å². The molecule has 2 atom stereocenters. The van der Waals surface area contributed by atoms with Crippen molar-refractivity contribution in [1.82, 2.24) is 9.97 Å². The van der Waals surface area contributed by atoms with Crippen LogP contribution in [0.2, 0.25) is 0 Å². The predicted molar refractivity (Wildman–Crippen MR) is 80.9 cm³/mol. The lowest BCUT2D eigenvalue weighted by Gasteiger charge is -2.17. The molecule has 0 aliphatic rings. The number of H-pyrrole nitrogens is 2. The number of ether oxygens (including phenoxy) is 1. The van der Waals surface area contributed by atoms with E-state index in [1.54, 1.807) is 6.92 Å². The molecule has 114 valence electrons. The predicted octanol–water partition coefficient (Wildman–Crippen LogP) is 1.84. The number of esters is 1. The van der Waals surface area contributed by atoms with E-state index in [4.69, 9.17) is 10.5 Å². The Labute approximate surface area is 122 Å². The highest BCUT2D eigenvalue weighted by Gasteiger charge is 2.15. The molecule has 0 saturated carbocycles. The lowest BCUT2D eigenvalue weighted by molar-refractivity contribution is -0.144. The van der Waals surface area contributed by atoms with Gasteiger partial charge in [-0.15, -0.1) is 0 Å². The molecule has 0 aliphatic carbocycles. The van der Waals surface area contributed by atoms with Crippen LogP contribution in [0, 0.1) is 5.92 Å². The molecule has 6 heteroatoms. The second-order valence-electron chi connectivity index (χ2n) is 5.34. The third kappa shape index (κ3) is 3.95. The molecular weight excluding hydrogens is 270 g/mol. The van der Waals surface area contributed by atoms with Crippen LogP contribution < -0.4 is 11.4 Å². The van der Waals surface area contributed by atoms with Gasteiger partial charge in [-0.3, -0.25) is 4.79 Å². The summed E-state index contributed by atoms with van der Waals surface area (Å²) in [7, 11) is 0. The van der Waals surface area contributed by atoms with E-state index >= 15 is 0 Å². The zero-order valence-electron chi connectivity index (χ0n) is 12.3. The smallest absolute Gasteiger partial charge is 0.323 e. The first-order valence-corrected chi connectivity index (χ1v) is 7.12. The largest absolute Gasteiger partial charge is 0.466 e. The Bertz CT molecular complexity index is 674. The van der Waals surface area contributed by atoms with Crippen LogP contribution in [0.25, 0.3) is 11.0 Å². The topological polar surface area (TPSA) is 101 Å². The van der Waals surface area contributed by atoms with Gasteiger partial charge in [0, 0.05) is 12.5 Å². The van der Waals surface area contributed by atoms with E-state index in [0.29, 0.717) is 19.4 Å². The number of benzene rings is 1. The van der Waals surface area contributed by atoms with Gasteiger partial charge in [-0.05, 0) is 37.0 Å². The molecule has 0 spiro atoms. The Morgan fingerprint density at radius 1 is 1.33 bits per heavy atom. The molecule has 0 fully saturated rings. The molecule has 2 rings (SSSR count). The highest BCUT2D eigenvalue weighted by Crippen LogP contribution is 2.23. The average Bonchev–Trinajstić information content (AvgIpc) is 2.77. The molecule has 1 aromatic heterocycles. The minimum Gasteiger partial charge on any atom is -0.466 e. The number of aromatic nitrogens is 2. The van der Waals surface area contributed by atoms with Crippen molar-refractivity contribution in [3.05, 3.63) is 34.2 Å². The molecule has 0 aliphatic heterocycles. The molecule has 0 bridgehead atoms. The van der Waals surface area contributed by atoms with E-state index in [2.05, 4.69) is 9.97 Å². The fraction of sp³-hybridized carbons (Fsp3) is 0.467. The summed E-state index contributed by atoms with van der Waals surface area (Å²) in [6, 6.07) is 5.42. The summed E-state index contributed by atoms with van der Waals surface area (Å²) in [6.45, 7) is 4.17. The van der Waals surface area contributed by atoms with Gasteiger partial charge in [-0.2, -0.15) is 0 Å². The maximum Gasteiger partial charge on any atom is 0.323 e. The van der Waals surface area contributed by atoms with Crippen molar-refractivity contribution in [2.45, 2.75) is 32.7 Å². The number of nitrogens with one attached hydrogen (secondary N) is 2. The Morgan fingerprint density at radius 3 is 2.76 bits per heavy atom. The first kappa shape index (κ1) is 15.3. The zero-order chi connectivity index (χ0) is 15.4. The van der Waals surface area contributed by atoms with Crippen molar-refractivity contribution < 1.29 is 9.53 Å². The number of carbonyl (C=O) groups is 1. The van der Waals surface area contributed by atoms with Gasteiger partial charge in [-0.25, -0.2) is 4.79 Å². The van der Waals surface area contributed by atoms with Gasteiger partial charge in [0.05, 0.1) is 17.6 Å². The number of fused-ring (bicyclic) bond motifs is 1. The molecule has 21 heavy (non-hydrogen) atoms. The second kappa shape index (κ2) is 6.58. The van der Waals surface area contributed by atoms with Crippen LogP contribution in [0.4, 0.5) is 0 Å². The third-order valence-corrected chi connectivity index (χ3v) is 3.44. The normalized spacial score (nSPS) is 14.0. The van der Waals surface area contributed by atoms with Crippen LogP contribution in [0.1, 0.15) is 38.3 Å². The van der Waals surface area contributed by atoms with Gasteiger partial charge in [0.1, 0.15) is 0 Å². The van der Waals surface area contributed by atoms with E-state index in [0.717, 1.165) is 16.6 Å². The number of aromatic amines is 2. The highest BCUT2D eigenvalue weighted by molar-refractivity contribution is 5.75. The molecule has 4 N–H and O–H groups in total. The number of hydrogen-bond acceptors (Lipinski definition) is 4. The molecule has 0 saturated heterocycles. The number of hydrogen-bond donors (Lipinski definition) is 3. The van der Waals surface area contributed by atoms with Crippen molar-refractivity contribution in [3.8, 4) is 0 Å². The van der Waals surface area contributed by atoms with Gasteiger partial charge in [0.2, 0.25) is 0 Å². The summed E-state index contributed by atoms with van der Waals surface area (Å²) in [4.78, 5) is 28.1. The molecule has 6 nitrogen and oxygen atoms in total. The Balaban J connectivity index is 2.02. The minimum atomic E-state index is -0.230. The van der Waals surface area contributed by atoms with Gasteiger partial charge in [0.15, 0.2) is 0 Å². The van der Waals surface area contributed by atoms with Gasteiger partial charge >= 0.3 is 11.7 Å². The van der Waals surface area contributed by atoms with Crippen LogP contribution in [0.5, 0.6) is 0 Å². The first-order chi connectivity index (χ1) is 9.99. The molecule has 1 aromatic carbocycles. The van der Waals surface area contributed by atoms with Gasteiger partial charge < -0.3 is 20.4 Å². The molecular formula is C15H21N3O3.